The zero-order valence-electron chi connectivity index (χ0n) is 12.6. The van der Waals surface area contributed by atoms with Crippen LogP contribution in [0.1, 0.15) is 23.2 Å². The van der Waals surface area contributed by atoms with Crippen LogP contribution in [0.5, 0.6) is 0 Å². The van der Waals surface area contributed by atoms with Gasteiger partial charge in [-0.25, -0.2) is 15.4 Å². The minimum Gasteiger partial charge on any atom is -0.440 e. The third-order valence-corrected chi connectivity index (χ3v) is 3.95. The van der Waals surface area contributed by atoms with Crippen LogP contribution in [0.4, 0.5) is 0 Å². The summed E-state index contributed by atoms with van der Waals surface area (Å²) in [5.74, 6) is 1.32. The van der Waals surface area contributed by atoms with E-state index in [1.165, 1.54) is 0 Å². The summed E-state index contributed by atoms with van der Waals surface area (Å²) in [6.45, 7) is 0. The van der Waals surface area contributed by atoms with Crippen molar-refractivity contribution in [1.82, 2.24) is 20.8 Å². The van der Waals surface area contributed by atoms with Gasteiger partial charge >= 0.3 is 0 Å². The zero-order valence-corrected chi connectivity index (χ0v) is 13.4. The first-order chi connectivity index (χ1) is 11.8. The van der Waals surface area contributed by atoms with Gasteiger partial charge in [0.25, 0.3) is 0 Å². The minimum absolute atomic E-state index is 0.272. The molecule has 0 saturated carbocycles. The van der Waals surface area contributed by atoms with Crippen molar-refractivity contribution in [2.75, 3.05) is 0 Å². The van der Waals surface area contributed by atoms with Crippen molar-refractivity contribution >= 4 is 17.9 Å². The monoisotopic (exact) mass is 339 g/mol. The van der Waals surface area contributed by atoms with Crippen molar-refractivity contribution in [2.24, 2.45) is 4.99 Å². The largest absolute Gasteiger partial charge is 0.440 e. The summed E-state index contributed by atoms with van der Waals surface area (Å²) in [6.07, 6.45) is 5.37. The standard InChI is InChI=1S/C17H14ClN5O/c18-13-3-1-11(2-4-13)9-14-15(16-20-10-21-23-16)22-17(24-14)12-5-7-19-8-6-12/h1-8,10,16,23H,9H2,(H,20,21). The van der Waals surface area contributed by atoms with E-state index in [2.05, 4.69) is 25.8 Å². The molecular formula is C17H14ClN5O. The van der Waals surface area contributed by atoms with Gasteiger partial charge in [-0.1, -0.05) is 23.7 Å². The van der Waals surface area contributed by atoms with Gasteiger partial charge in [-0.2, -0.15) is 0 Å². The quantitative estimate of drug-likeness (QED) is 0.764. The van der Waals surface area contributed by atoms with Crippen LogP contribution in [0.3, 0.4) is 0 Å². The fraction of sp³-hybridized carbons (Fsp3) is 0.118. The molecule has 0 saturated heterocycles. The molecule has 1 aliphatic rings. The predicted molar refractivity (Wildman–Crippen MR) is 91.5 cm³/mol. The van der Waals surface area contributed by atoms with Gasteiger partial charge in [0.2, 0.25) is 5.89 Å². The van der Waals surface area contributed by atoms with Crippen molar-refractivity contribution in [1.29, 1.82) is 0 Å². The average molecular weight is 340 g/mol. The molecule has 7 heteroatoms. The highest BCUT2D eigenvalue weighted by Crippen LogP contribution is 2.28. The first-order valence-electron chi connectivity index (χ1n) is 7.47. The second kappa shape index (κ2) is 6.43. The molecule has 0 fully saturated rings. The number of pyridine rings is 1. The first kappa shape index (κ1) is 14.9. The molecule has 3 aromatic rings. The fourth-order valence-electron chi connectivity index (χ4n) is 2.51. The molecule has 1 aliphatic heterocycles. The Labute approximate surface area is 143 Å². The van der Waals surface area contributed by atoms with Gasteiger partial charge in [-0.3, -0.25) is 4.98 Å². The second-order valence-corrected chi connectivity index (χ2v) is 5.77. The second-order valence-electron chi connectivity index (χ2n) is 5.34. The van der Waals surface area contributed by atoms with Crippen molar-refractivity contribution in [3.8, 4) is 11.5 Å². The van der Waals surface area contributed by atoms with Crippen LogP contribution in [0.15, 0.2) is 58.2 Å². The lowest BCUT2D eigenvalue weighted by Crippen LogP contribution is -2.26. The number of hydrazine groups is 1. The molecule has 6 nitrogen and oxygen atoms in total. The van der Waals surface area contributed by atoms with Crippen LogP contribution in [-0.4, -0.2) is 16.3 Å². The smallest absolute Gasteiger partial charge is 0.226 e. The van der Waals surface area contributed by atoms with Crippen LogP contribution in [-0.2, 0) is 6.42 Å². The number of hydrogen-bond donors (Lipinski definition) is 2. The number of aromatic nitrogens is 2. The van der Waals surface area contributed by atoms with E-state index in [4.69, 9.17) is 16.0 Å². The molecule has 24 heavy (non-hydrogen) atoms. The van der Waals surface area contributed by atoms with Crippen LogP contribution in [0.2, 0.25) is 5.02 Å². The molecule has 3 heterocycles. The topological polar surface area (TPSA) is 75.3 Å². The summed E-state index contributed by atoms with van der Waals surface area (Å²) in [5, 5.41) is 0.709. The molecule has 0 radical (unpaired) electrons. The maximum atomic E-state index is 6.03. The number of benzene rings is 1. The van der Waals surface area contributed by atoms with E-state index in [0.717, 1.165) is 22.6 Å². The highest BCUT2D eigenvalue weighted by atomic mass is 35.5. The third-order valence-electron chi connectivity index (χ3n) is 3.70. The molecule has 0 spiro atoms. The average Bonchev–Trinajstić information content (AvgIpc) is 3.27. The molecule has 120 valence electrons. The Kier molecular flexibility index (Phi) is 3.98. The van der Waals surface area contributed by atoms with E-state index >= 15 is 0 Å². The normalized spacial score (nSPS) is 16.3. The lowest BCUT2D eigenvalue weighted by atomic mass is 10.1. The fourth-order valence-corrected chi connectivity index (χ4v) is 2.64. The Morgan fingerprint density at radius 1 is 1.08 bits per heavy atom. The van der Waals surface area contributed by atoms with Gasteiger partial charge in [0.05, 0.1) is 6.34 Å². The highest BCUT2D eigenvalue weighted by Gasteiger charge is 2.24. The van der Waals surface area contributed by atoms with Crippen molar-refractivity contribution < 1.29 is 4.42 Å². The minimum atomic E-state index is -0.272. The Morgan fingerprint density at radius 2 is 1.88 bits per heavy atom. The number of nitrogens with zero attached hydrogens (tertiary/aromatic N) is 3. The number of halogens is 1. The molecule has 0 amide bonds. The third kappa shape index (κ3) is 3.02. The van der Waals surface area contributed by atoms with Crippen LogP contribution >= 0.6 is 11.6 Å². The molecule has 1 unspecified atom stereocenters. The van der Waals surface area contributed by atoms with Crippen molar-refractivity contribution in [3.05, 3.63) is 70.8 Å². The number of oxazole rings is 1. The van der Waals surface area contributed by atoms with E-state index in [1.54, 1.807) is 18.7 Å². The zero-order chi connectivity index (χ0) is 16.4. The van der Waals surface area contributed by atoms with Gasteiger partial charge in [0.15, 0.2) is 6.17 Å². The Bertz CT molecular complexity index is 860. The number of nitrogens with one attached hydrogen (secondary N) is 2. The summed E-state index contributed by atoms with van der Waals surface area (Å²) in [7, 11) is 0. The van der Waals surface area contributed by atoms with Gasteiger partial charge < -0.3 is 9.84 Å². The summed E-state index contributed by atoms with van der Waals surface area (Å²) in [5.41, 5.74) is 8.64. The van der Waals surface area contributed by atoms with Crippen LogP contribution in [0.25, 0.3) is 11.5 Å². The van der Waals surface area contributed by atoms with E-state index < -0.39 is 0 Å². The number of rotatable bonds is 4. The first-order valence-corrected chi connectivity index (χ1v) is 7.84. The van der Waals surface area contributed by atoms with E-state index in [0.29, 0.717) is 17.3 Å². The molecule has 1 aromatic carbocycles. The summed E-state index contributed by atoms with van der Waals surface area (Å²) in [6, 6.07) is 11.4. The Hall–Kier alpha value is -2.70. The molecule has 4 rings (SSSR count). The van der Waals surface area contributed by atoms with Crippen molar-refractivity contribution in [2.45, 2.75) is 12.6 Å². The summed E-state index contributed by atoms with van der Waals surface area (Å²) < 4.78 is 6.03. The number of aliphatic imine (C=N–C) groups is 1. The molecule has 1 atom stereocenters. The van der Waals surface area contributed by atoms with Gasteiger partial charge in [0, 0.05) is 29.4 Å². The molecule has 2 N–H and O–H groups in total. The molecule has 0 bridgehead atoms. The van der Waals surface area contributed by atoms with Gasteiger partial charge in [-0.05, 0) is 29.8 Å². The van der Waals surface area contributed by atoms with Gasteiger partial charge in [0.1, 0.15) is 11.5 Å². The highest BCUT2D eigenvalue weighted by molar-refractivity contribution is 6.30. The molecule has 0 aliphatic carbocycles. The molecular weight excluding hydrogens is 326 g/mol. The predicted octanol–water partition coefficient (Wildman–Crippen LogP) is 3.12. The van der Waals surface area contributed by atoms with E-state index in [-0.39, 0.29) is 6.17 Å². The van der Waals surface area contributed by atoms with Crippen molar-refractivity contribution in [3.63, 3.8) is 0 Å². The maximum Gasteiger partial charge on any atom is 0.226 e. The lowest BCUT2D eigenvalue weighted by Gasteiger charge is -2.06. The van der Waals surface area contributed by atoms with Crippen LogP contribution in [0, 0.1) is 0 Å². The Morgan fingerprint density at radius 3 is 2.58 bits per heavy atom. The summed E-state index contributed by atoms with van der Waals surface area (Å²) in [4.78, 5) is 13.0. The van der Waals surface area contributed by atoms with Gasteiger partial charge in [-0.15, -0.1) is 0 Å². The lowest BCUT2D eigenvalue weighted by molar-refractivity contribution is 0.507. The van der Waals surface area contributed by atoms with E-state index in [9.17, 15) is 0 Å². The Balaban J connectivity index is 1.71. The van der Waals surface area contributed by atoms with E-state index in [1.807, 2.05) is 36.4 Å². The number of hydrogen-bond acceptors (Lipinski definition) is 6. The summed E-state index contributed by atoms with van der Waals surface area (Å²) >= 11 is 5.95. The maximum absolute atomic E-state index is 6.03. The van der Waals surface area contributed by atoms with Crippen LogP contribution < -0.4 is 10.9 Å². The SMILES string of the molecule is Clc1ccc(Cc2oc(-c3ccncc3)nc2C2N=CNN2)cc1. The molecule has 2 aromatic heterocycles.